The molecule has 0 spiro atoms. The van der Waals surface area contributed by atoms with Crippen LogP contribution in [0, 0.1) is 0 Å². The van der Waals surface area contributed by atoms with Crippen LogP contribution < -0.4 is 0 Å². The Hall–Kier alpha value is -5.08. The summed E-state index contributed by atoms with van der Waals surface area (Å²) in [5, 5.41) is 5.30. The van der Waals surface area contributed by atoms with Crippen LogP contribution in [0.4, 0.5) is 0 Å². The van der Waals surface area contributed by atoms with Crippen molar-refractivity contribution in [2.75, 3.05) is 0 Å². The highest BCUT2D eigenvalue weighted by atomic mass is 15.0. The second-order valence-electron chi connectivity index (χ2n) is 14.5. The quantitative estimate of drug-likeness (QED) is 0.193. The number of nitrogens with zero attached hydrogens (tertiary/aromatic N) is 2. The molecule has 0 atom stereocenters. The Bertz CT molecular complexity index is 2440. The van der Waals surface area contributed by atoms with Crippen molar-refractivity contribution in [3.8, 4) is 22.5 Å². The van der Waals surface area contributed by atoms with Gasteiger partial charge in [0.15, 0.2) is 0 Å². The lowest BCUT2D eigenvalue weighted by Gasteiger charge is -2.42. The molecule has 1 aliphatic rings. The fourth-order valence-electron chi connectivity index (χ4n) is 8.19. The predicted molar refractivity (Wildman–Crippen MR) is 196 cm³/mol. The van der Waals surface area contributed by atoms with E-state index in [1.807, 2.05) is 0 Å². The van der Waals surface area contributed by atoms with Crippen molar-refractivity contribution in [3.63, 3.8) is 0 Å². The van der Waals surface area contributed by atoms with Gasteiger partial charge in [-0.05, 0) is 101 Å². The van der Waals surface area contributed by atoms with E-state index in [2.05, 4.69) is 170 Å². The number of aromatic nitrogens is 2. The van der Waals surface area contributed by atoms with Crippen molar-refractivity contribution in [3.05, 3.63) is 145 Å². The lowest BCUT2D eigenvalue weighted by Crippen LogP contribution is -2.33. The topological polar surface area (TPSA) is 9.86 Å². The molecule has 1 aliphatic carbocycles. The molecule has 8 aromatic rings. The molecule has 0 saturated carbocycles. The maximum atomic E-state index is 2.56. The second-order valence-corrected chi connectivity index (χ2v) is 14.5. The Balaban J connectivity index is 1.41. The minimum absolute atomic E-state index is 0.128. The van der Waals surface area contributed by atoms with Gasteiger partial charge in [-0.25, -0.2) is 0 Å². The second kappa shape index (κ2) is 9.71. The number of fused-ring (bicyclic) bond motifs is 8. The fraction of sp³-hybridized carbons (Fsp3) is 0.182. The Labute approximate surface area is 270 Å². The molecule has 6 aromatic carbocycles. The predicted octanol–water partition coefficient (Wildman–Crippen LogP) is 11.9. The number of para-hydroxylation sites is 2. The van der Waals surface area contributed by atoms with Crippen LogP contribution in [0.2, 0.25) is 0 Å². The SMILES string of the molecule is CC1(C)CCC(C)(C)c2cc3c(cc21)c1c2c4ccccc4n(-c4ccc(-c5ccccc5)cc4)c2ccc1n3-c1ccccc1. The Morgan fingerprint density at radius 2 is 0.913 bits per heavy atom. The molecule has 0 bridgehead atoms. The first kappa shape index (κ1) is 27.2. The third-order valence-corrected chi connectivity index (χ3v) is 10.8. The molecule has 0 radical (unpaired) electrons. The average Bonchev–Trinajstić information content (AvgIpc) is 3.60. The minimum atomic E-state index is 0.128. The molecule has 2 nitrogen and oxygen atoms in total. The van der Waals surface area contributed by atoms with Gasteiger partial charge in [-0.3, -0.25) is 0 Å². The molecule has 0 unspecified atom stereocenters. The maximum Gasteiger partial charge on any atom is 0.0548 e. The first-order valence-electron chi connectivity index (χ1n) is 16.6. The summed E-state index contributed by atoms with van der Waals surface area (Å²) in [6.45, 7) is 9.72. The Kier molecular flexibility index (Phi) is 5.75. The van der Waals surface area contributed by atoms with E-state index in [4.69, 9.17) is 0 Å². The van der Waals surface area contributed by atoms with Crippen LogP contribution in [0.15, 0.2) is 133 Å². The van der Waals surface area contributed by atoms with Crippen LogP contribution in [0.1, 0.15) is 51.7 Å². The van der Waals surface area contributed by atoms with Gasteiger partial charge in [0.1, 0.15) is 0 Å². The maximum absolute atomic E-state index is 2.56. The largest absolute Gasteiger partial charge is 0.309 e. The summed E-state index contributed by atoms with van der Waals surface area (Å²) in [5.41, 5.74) is 13.1. The van der Waals surface area contributed by atoms with E-state index in [0.29, 0.717) is 0 Å². The normalized spacial score (nSPS) is 15.6. The monoisotopic (exact) mass is 594 g/mol. The van der Waals surface area contributed by atoms with Crippen molar-refractivity contribution >= 4 is 43.6 Å². The van der Waals surface area contributed by atoms with E-state index in [1.54, 1.807) is 0 Å². The highest BCUT2D eigenvalue weighted by Gasteiger charge is 2.38. The van der Waals surface area contributed by atoms with Gasteiger partial charge in [0.25, 0.3) is 0 Å². The summed E-state index contributed by atoms with van der Waals surface area (Å²) in [4.78, 5) is 0. The molecule has 0 N–H and O–H groups in total. The molecule has 2 aromatic heterocycles. The summed E-state index contributed by atoms with van der Waals surface area (Å²) in [5.74, 6) is 0. The van der Waals surface area contributed by atoms with E-state index in [1.165, 1.54) is 90.1 Å². The Morgan fingerprint density at radius 3 is 1.59 bits per heavy atom. The summed E-state index contributed by atoms with van der Waals surface area (Å²) in [7, 11) is 0. The lowest BCUT2D eigenvalue weighted by molar-refractivity contribution is 0.332. The highest BCUT2D eigenvalue weighted by Crippen LogP contribution is 2.50. The van der Waals surface area contributed by atoms with Crippen molar-refractivity contribution in [1.29, 1.82) is 0 Å². The number of benzene rings is 6. The van der Waals surface area contributed by atoms with E-state index in [-0.39, 0.29) is 10.8 Å². The first-order chi connectivity index (χ1) is 22.3. The molecule has 9 rings (SSSR count). The summed E-state index contributed by atoms with van der Waals surface area (Å²) in [6, 6.07) is 49.3. The van der Waals surface area contributed by atoms with Gasteiger partial charge < -0.3 is 9.13 Å². The van der Waals surface area contributed by atoms with E-state index < -0.39 is 0 Å². The average molecular weight is 595 g/mol. The zero-order valence-electron chi connectivity index (χ0n) is 27.0. The van der Waals surface area contributed by atoms with Crippen LogP contribution >= 0.6 is 0 Å². The van der Waals surface area contributed by atoms with Gasteiger partial charge in [0.2, 0.25) is 0 Å². The van der Waals surface area contributed by atoms with Crippen molar-refractivity contribution in [2.45, 2.75) is 51.4 Å². The molecule has 0 aliphatic heterocycles. The van der Waals surface area contributed by atoms with E-state index >= 15 is 0 Å². The smallest absolute Gasteiger partial charge is 0.0548 e. The third-order valence-electron chi connectivity index (χ3n) is 10.8. The lowest BCUT2D eigenvalue weighted by atomic mass is 9.63. The molecule has 0 fully saturated rings. The number of rotatable bonds is 3. The highest BCUT2D eigenvalue weighted by molar-refractivity contribution is 6.29. The van der Waals surface area contributed by atoms with Crippen molar-refractivity contribution in [1.82, 2.24) is 9.13 Å². The fourth-order valence-corrected chi connectivity index (χ4v) is 8.19. The van der Waals surface area contributed by atoms with Crippen LogP contribution in [0.5, 0.6) is 0 Å². The molecule has 0 amide bonds. The molecule has 224 valence electrons. The number of hydrogen-bond donors (Lipinski definition) is 0. The minimum Gasteiger partial charge on any atom is -0.309 e. The van der Waals surface area contributed by atoms with Gasteiger partial charge in [-0.2, -0.15) is 0 Å². The van der Waals surface area contributed by atoms with Crippen LogP contribution in [0.25, 0.3) is 66.1 Å². The Morgan fingerprint density at radius 1 is 0.413 bits per heavy atom. The molecule has 46 heavy (non-hydrogen) atoms. The van der Waals surface area contributed by atoms with Crippen molar-refractivity contribution in [2.24, 2.45) is 0 Å². The molecule has 0 saturated heterocycles. The third kappa shape index (κ3) is 3.89. The standard InChI is InChI=1S/C44H38N2/c1-43(2)25-26-44(3,4)36-28-40-34(27-35(36)43)42-39(46(40)31-15-9-6-10-16-31)24-23-38-41(42)33-17-11-12-18-37(33)45(38)32-21-19-30(20-22-32)29-13-7-5-8-14-29/h5-24,27-28H,25-26H2,1-4H3. The van der Waals surface area contributed by atoms with Gasteiger partial charge in [0.05, 0.1) is 22.1 Å². The van der Waals surface area contributed by atoms with Gasteiger partial charge in [0, 0.05) is 32.9 Å². The summed E-state index contributed by atoms with van der Waals surface area (Å²) >= 11 is 0. The van der Waals surface area contributed by atoms with Gasteiger partial charge in [-0.15, -0.1) is 0 Å². The van der Waals surface area contributed by atoms with Gasteiger partial charge in [-0.1, -0.05) is 107 Å². The van der Waals surface area contributed by atoms with Crippen molar-refractivity contribution < 1.29 is 0 Å². The van der Waals surface area contributed by atoms with Crippen LogP contribution in [-0.2, 0) is 10.8 Å². The van der Waals surface area contributed by atoms with E-state index in [9.17, 15) is 0 Å². The van der Waals surface area contributed by atoms with Gasteiger partial charge >= 0.3 is 0 Å². The van der Waals surface area contributed by atoms with E-state index in [0.717, 1.165) is 0 Å². The number of hydrogen-bond acceptors (Lipinski definition) is 0. The summed E-state index contributed by atoms with van der Waals surface area (Å²) in [6.07, 6.45) is 2.40. The molecular formula is C44H38N2. The van der Waals surface area contributed by atoms with Crippen LogP contribution in [0.3, 0.4) is 0 Å². The molecule has 2 heteroatoms. The zero-order valence-corrected chi connectivity index (χ0v) is 27.0. The molecular weight excluding hydrogens is 556 g/mol. The van der Waals surface area contributed by atoms with Crippen LogP contribution in [-0.4, -0.2) is 9.13 Å². The zero-order chi connectivity index (χ0) is 31.2. The summed E-state index contributed by atoms with van der Waals surface area (Å²) < 4.78 is 4.96. The first-order valence-corrected chi connectivity index (χ1v) is 16.6. The molecule has 2 heterocycles.